The minimum Gasteiger partial charge on any atom is -0.503 e. The molecular weight excluding hydrogens is 274 g/mol. The van der Waals surface area contributed by atoms with Crippen LogP contribution in [0.25, 0.3) is 11.2 Å². The number of aromatic nitrogens is 2. The number of carboxylic acid groups (broad SMARTS) is 1. The van der Waals surface area contributed by atoms with E-state index in [4.69, 9.17) is 14.4 Å². The molecule has 0 aromatic carbocycles. The summed E-state index contributed by atoms with van der Waals surface area (Å²) < 4.78 is 5.51. The second kappa shape index (κ2) is 4.91. The van der Waals surface area contributed by atoms with Gasteiger partial charge in [0.15, 0.2) is 17.7 Å². The van der Waals surface area contributed by atoms with E-state index in [-0.39, 0.29) is 11.2 Å². The molecule has 10 nitrogen and oxygen atoms in total. The average molecular weight is 283 g/mol. The maximum atomic E-state index is 12.0. The molecule has 10 heteroatoms. The van der Waals surface area contributed by atoms with Crippen LogP contribution in [0, 0.1) is 0 Å². The summed E-state index contributed by atoms with van der Waals surface area (Å²) >= 11 is 0. The van der Waals surface area contributed by atoms with Gasteiger partial charge in [0.1, 0.15) is 13.7 Å². The first kappa shape index (κ1) is 13.4. The number of rotatable bonds is 4. The first-order valence-electron chi connectivity index (χ1n) is 5.23. The normalized spacial score (nSPS) is 10.4. The third kappa shape index (κ3) is 2.02. The van der Waals surface area contributed by atoms with Crippen LogP contribution in [0.5, 0.6) is 5.75 Å². The lowest BCUT2D eigenvalue weighted by molar-refractivity contribution is -0.135. The Morgan fingerprint density at radius 1 is 1.55 bits per heavy atom. The van der Waals surface area contributed by atoms with Crippen LogP contribution in [-0.4, -0.2) is 45.5 Å². The minimum atomic E-state index is -1.30. The van der Waals surface area contributed by atoms with Crippen molar-refractivity contribution in [2.75, 3.05) is 13.7 Å². The predicted molar refractivity (Wildman–Crippen MR) is 62.4 cm³/mol. The zero-order chi connectivity index (χ0) is 14.9. The summed E-state index contributed by atoms with van der Waals surface area (Å²) in [5, 5.41) is 20.3. The van der Waals surface area contributed by atoms with E-state index in [1.54, 1.807) is 0 Å². The molecular formula is C10H9N3O7. The van der Waals surface area contributed by atoms with Crippen LogP contribution in [0.3, 0.4) is 0 Å². The molecule has 0 bridgehead atoms. The van der Waals surface area contributed by atoms with Gasteiger partial charge in [-0.25, -0.2) is 0 Å². The fourth-order valence-electron chi connectivity index (χ4n) is 1.58. The smallest absolute Gasteiger partial charge is 0.322 e. The number of hydrogen-bond donors (Lipinski definition) is 3. The molecule has 106 valence electrons. The minimum absolute atomic E-state index is 0.107. The van der Waals surface area contributed by atoms with Crippen molar-refractivity contribution in [1.29, 1.82) is 0 Å². The highest BCUT2D eigenvalue weighted by atomic mass is 16.7. The number of hydrogen-bond acceptors (Lipinski definition) is 7. The molecule has 2 aromatic rings. The number of pyridine rings is 1. The molecule has 0 aliphatic rings. The van der Waals surface area contributed by atoms with Gasteiger partial charge in [-0.3, -0.25) is 14.4 Å². The molecule has 0 unspecified atom stereocenters. The standard InChI is InChI=1S/C10H9N3O7/c1-19-13-8-7(20-3-12-8)6(16)5(10(13)18)9(17)11-2-4(14)15/h3,16H,2H2,1H3,(H,11,17)(H,14,15). The zero-order valence-electron chi connectivity index (χ0n) is 10.1. The Morgan fingerprint density at radius 3 is 2.85 bits per heavy atom. The lowest BCUT2D eigenvalue weighted by atomic mass is 10.2. The molecule has 0 saturated carbocycles. The number of nitrogens with one attached hydrogen (secondary N) is 1. The molecule has 0 aliphatic carbocycles. The highest BCUT2D eigenvalue weighted by molar-refractivity contribution is 6.01. The van der Waals surface area contributed by atoms with Gasteiger partial charge in [-0.2, -0.15) is 4.98 Å². The third-order valence-electron chi connectivity index (χ3n) is 2.40. The Bertz CT molecular complexity index is 745. The van der Waals surface area contributed by atoms with Crippen LogP contribution < -0.4 is 15.7 Å². The van der Waals surface area contributed by atoms with Crippen LogP contribution in [0.1, 0.15) is 10.4 Å². The lowest BCUT2D eigenvalue weighted by Gasteiger charge is -2.08. The Kier molecular flexibility index (Phi) is 3.29. The highest BCUT2D eigenvalue weighted by Gasteiger charge is 2.25. The number of carbonyl (C=O) groups excluding carboxylic acids is 1. The van der Waals surface area contributed by atoms with Gasteiger partial charge >= 0.3 is 11.5 Å². The van der Waals surface area contributed by atoms with Gasteiger partial charge in [-0.05, 0) is 0 Å². The topological polar surface area (TPSA) is 144 Å². The molecule has 1 amide bonds. The van der Waals surface area contributed by atoms with Crippen molar-refractivity contribution in [3.8, 4) is 5.75 Å². The van der Waals surface area contributed by atoms with Crippen molar-refractivity contribution in [1.82, 2.24) is 15.0 Å². The number of aromatic hydroxyl groups is 1. The van der Waals surface area contributed by atoms with Gasteiger partial charge < -0.3 is 24.8 Å². The van der Waals surface area contributed by atoms with Gasteiger partial charge in [0.2, 0.25) is 11.2 Å². The van der Waals surface area contributed by atoms with Gasteiger partial charge in [-0.1, -0.05) is 0 Å². The number of fused-ring (bicyclic) bond motifs is 1. The van der Waals surface area contributed by atoms with Crippen molar-refractivity contribution in [2.24, 2.45) is 0 Å². The summed E-state index contributed by atoms with van der Waals surface area (Å²) in [6.07, 6.45) is 0.957. The van der Waals surface area contributed by atoms with E-state index in [9.17, 15) is 19.5 Å². The van der Waals surface area contributed by atoms with Crippen LogP contribution in [0.4, 0.5) is 0 Å². The number of nitrogens with zero attached hydrogens (tertiary/aromatic N) is 2. The van der Waals surface area contributed by atoms with Gasteiger partial charge in [0, 0.05) is 0 Å². The molecule has 2 rings (SSSR count). The first-order chi connectivity index (χ1) is 9.47. The molecule has 2 heterocycles. The SMILES string of the molecule is COn1c(=O)c(C(=O)NCC(=O)O)c(O)c2ocnc21. The summed E-state index contributed by atoms with van der Waals surface area (Å²) in [6.45, 7) is -0.709. The number of aliphatic carboxylic acids is 1. The summed E-state index contributed by atoms with van der Waals surface area (Å²) in [5.41, 5.74) is -2.02. The van der Waals surface area contributed by atoms with Crippen LogP contribution >= 0.6 is 0 Å². The van der Waals surface area contributed by atoms with Gasteiger partial charge in [0.25, 0.3) is 5.91 Å². The van der Waals surface area contributed by atoms with E-state index in [1.807, 2.05) is 5.32 Å². The fraction of sp³-hybridized carbons (Fsp3) is 0.200. The quantitative estimate of drug-likeness (QED) is 0.619. The van der Waals surface area contributed by atoms with Gasteiger partial charge in [-0.15, -0.1) is 4.73 Å². The number of amides is 1. The van der Waals surface area contributed by atoms with E-state index in [0.717, 1.165) is 13.5 Å². The Labute approximate surface area is 110 Å². The lowest BCUT2D eigenvalue weighted by Crippen LogP contribution is -2.37. The Balaban J connectivity index is 2.60. The number of carbonyl (C=O) groups is 2. The van der Waals surface area contributed by atoms with E-state index in [0.29, 0.717) is 4.73 Å². The maximum Gasteiger partial charge on any atom is 0.322 e. The molecule has 0 saturated heterocycles. The monoisotopic (exact) mass is 283 g/mol. The van der Waals surface area contributed by atoms with Crippen LogP contribution in [-0.2, 0) is 4.79 Å². The largest absolute Gasteiger partial charge is 0.503 e. The maximum absolute atomic E-state index is 12.0. The van der Waals surface area contributed by atoms with Crippen LogP contribution in [0.15, 0.2) is 15.6 Å². The number of oxazole rings is 1. The van der Waals surface area contributed by atoms with Crippen LogP contribution in [0.2, 0.25) is 0 Å². The van der Waals surface area contributed by atoms with Crippen molar-refractivity contribution in [3.05, 3.63) is 22.3 Å². The Hall–Kier alpha value is -3.04. The molecule has 0 radical (unpaired) electrons. The van der Waals surface area contributed by atoms with Crippen molar-refractivity contribution in [2.45, 2.75) is 0 Å². The van der Waals surface area contributed by atoms with Crippen molar-refractivity contribution in [3.63, 3.8) is 0 Å². The fourth-order valence-corrected chi connectivity index (χ4v) is 1.58. The van der Waals surface area contributed by atoms with Crippen molar-refractivity contribution >= 4 is 23.1 Å². The summed E-state index contributed by atoms with van der Waals surface area (Å²) in [5.74, 6) is -3.11. The van der Waals surface area contributed by atoms with E-state index < -0.39 is 35.3 Å². The Morgan fingerprint density at radius 2 is 2.25 bits per heavy atom. The predicted octanol–water partition coefficient (Wildman–Crippen LogP) is -1.43. The molecule has 3 N–H and O–H groups in total. The highest BCUT2D eigenvalue weighted by Crippen LogP contribution is 2.24. The third-order valence-corrected chi connectivity index (χ3v) is 2.40. The molecule has 2 aromatic heterocycles. The molecule has 0 spiro atoms. The molecule has 0 fully saturated rings. The molecule has 20 heavy (non-hydrogen) atoms. The molecule has 0 atom stereocenters. The second-order valence-corrected chi connectivity index (χ2v) is 3.59. The summed E-state index contributed by atoms with van der Waals surface area (Å²) in [4.78, 5) is 42.6. The van der Waals surface area contributed by atoms with E-state index in [2.05, 4.69) is 4.98 Å². The zero-order valence-corrected chi connectivity index (χ0v) is 10.1. The first-order valence-corrected chi connectivity index (χ1v) is 5.23. The van der Waals surface area contributed by atoms with Gasteiger partial charge in [0.05, 0.1) is 0 Å². The van der Waals surface area contributed by atoms with E-state index in [1.165, 1.54) is 0 Å². The van der Waals surface area contributed by atoms with Crippen molar-refractivity contribution < 1.29 is 29.1 Å². The number of carboxylic acids is 1. The average Bonchev–Trinajstić information content (AvgIpc) is 2.86. The molecule has 0 aliphatic heterocycles. The summed E-state index contributed by atoms with van der Waals surface area (Å²) in [7, 11) is 1.16. The second-order valence-electron chi connectivity index (χ2n) is 3.59. The summed E-state index contributed by atoms with van der Waals surface area (Å²) in [6, 6.07) is 0. The van der Waals surface area contributed by atoms with E-state index >= 15 is 0 Å².